The third kappa shape index (κ3) is 4.76. The van der Waals surface area contributed by atoms with Crippen molar-refractivity contribution >= 4 is 22.6 Å². The molecule has 1 aliphatic heterocycles. The van der Waals surface area contributed by atoms with Crippen molar-refractivity contribution in [3.8, 4) is 11.4 Å². The highest BCUT2D eigenvalue weighted by atomic mass is 16.5. The van der Waals surface area contributed by atoms with Crippen molar-refractivity contribution in [2.24, 2.45) is 5.92 Å². The number of nitrogens with zero attached hydrogens (tertiary/aromatic N) is 5. The predicted molar refractivity (Wildman–Crippen MR) is 141 cm³/mol. The predicted octanol–water partition coefficient (Wildman–Crippen LogP) is 4.36. The van der Waals surface area contributed by atoms with Gasteiger partial charge in [0.1, 0.15) is 11.3 Å². The number of benzene rings is 2. The van der Waals surface area contributed by atoms with Gasteiger partial charge in [-0.2, -0.15) is 10.2 Å². The number of hydrogen-bond donors (Lipinski definition) is 1. The molecule has 4 aromatic rings. The second kappa shape index (κ2) is 10.4. The fourth-order valence-corrected chi connectivity index (χ4v) is 4.93. The number of piperidine rings is 1. The average Bonchev–Trinajstić information content (AvgIpc) is 3.27. The highest BCUT2D eigenvalue weighted by Gasteiger charge is 2.29. The van der Waals surface area contributed by atoms with E-state index < -0.39 is 0 Å². The number of hydrogen-bond acceptors (Lipinski definition) is 6. The third-order valence-corrected chi connectivity index (χ3v) is 6.78. The molecule has 1 N–H and O–H groups in total. The van der Waals surface area contributed by atoms with Crippen molar-refractivity contribution in [3.63, 3.8) is 0 Å². The third-order valence-electron chi connectivity index (χ3n) is 6.78. The van der Waals surface area contributed by atoms with Gasteiger partial charge in [0.25, 0.3) is 0 Å². The molecule has 2 aromatic heterocycles. The van der Waals surface area contributed by atoms with E-state index in [1.807, 2.05) is 73.1 Å². The number of anilines is 1. The molecular weight excluding hydrogens is 452 g/mol. The number of para-hydroxylation sites is 1. The molecular formula is C28H32N6O2. The first-order chi connectivity index (χ1) is 17.5. The number of fused-ring (bicyclic) bond motifs is 1. The summed E-state index contributed by atoms with van der Waals surface area (Å²) in [5.41, 5.74) is 4.77. The largest absolute Gasteiger partial charge is 0.494 e. The number of rotatable bonds is 7. The van der Waals surface area contributed by atoms with Gasteiger partial charge in [0.2, 0.25) is 5.91 Å². The summed E-state index contributed by atoms with van der Waals surface area (Å²) in [6.07, 6.45) is 1.77. The quantitative estimate of drug-likeness (QED) is 0.419. The molecule has 0 radical (unpaired) electrons. The summed E-state index contributed by atoms with van der Waals surface area (Å²) in [5.74, 6) is 1.54. The zero-order valence-electron chi connectivity index (χ0n) is 21.1. The lowest BCUT2D eigenvalue weighted by Crippen LogP contribution is -2.43. The van der Waals surface area contributed by atoms with Gasteiger partial charge in [-0.1, -0.05) is 30.3 Å². The minimum atomic E-state index is -0.114. The number of nitrogens with one attached hydrogen (secondary N) is 1. The molecule has 0 spiro atoms. The summed E-state index contributed by atoms with van der Waals surface area (Å²) in [5, 5.41) is 18.1. The fraction of sp³-hybridized carbons (Fsp3) is 0.357. The molecule has 0 unspecified atom stereocenters. The molecule has 0 aliphatic carbocycles. The van der Waals surface area contributed by atoms with E-state index in [9.17, 15) is 4.79 Å². The van der Waals surface area contributed by atoms with Crippen LogP contribution < -0.4 is 15.0 Å². The minimum absolute atomic E-state index is 0.0656. The summed E-state index contributed by atoms with van der Waals surface area (Å²) in [4.78, 5) is 15.2. The Bertz CT molecular complexity index is 1350. The van der Waals surface area contributed by atoms with E-state index in [1.165, 1.54) is 0 Å². The number of amides is 1. The first-order valence-electron chi connectivity index (χ1n) is 12.6. The van der Waals surface area contributed by atoms with Gasteiger partial charge in [-0.3, -0.25) is 4.79 Å². The first-order valence-corrected chi connectivity index (χ1v) is 12.6. The normalized spacial score (nSPS) is 15.8. The highest BCUT2D eigenvalue weighted by molar-refractivity contribution is 5.92. The van der Waals surface area contributed by atoms with Gasteiger partial charge in [0.15, 0.2) is 5.82 Å². The molecule has 2 aromatic carbocycles. The van der Waals surface area contributed by atoms with E-state index in [0.29, 0.717) is 19.7 Å². The van der Waals surface area contributed by atoms with Crippen molar-refractivity contribution in [1.29, 1.82) is 0 Å². The molecule has 5 rings (SSSR count). The molecule has 1 atom stereocenters. The highest BCUT2D eigenvalue weighted by Crippen LogP contribution is 2.31. The molecule has 0 bridgehead atoms. The van der Waals surface area contributed by atoms with Gasteiger partial charge in [-0.15, -0.1) is 5.10 Å². The Morgan fingerprint density at radius 1 is 1.08 bits per heavy atom. The molecule has 1 aliphatic rings. The summed E-state index contributed by atoms with van der Waals surface area (Å²) >= 11 is 0. The second-order valence-corrected chi connectivity index (χ2v) is 9.25. The maximum atomic E-state index is 13.1. The molecule has 8 nitrogen and oxygen atoms in total. The Morgan fingerprint density at radius 3 is 2.61 bits per heavy atom. The van der Waals surface area contributed by atoms with E-state index in [2.05, 4.69) is 27.3 Å². The van der Waals surface area contributed by atoms with Crippen LogP contribution in [0.15, 0.2) is 54.6 Å². The number of aryl methyl sites for hydroxylation is 2. The van der Waals surface area contributed by atoms with Crippen LogP contribution in [0.2, 0.25) is 0 Å². The molecule has 8 heteroatoms. The van der Waals surface area contributed by atoms with Crippen molar-refractivity contribution < 1.29 is 9.53 Å². The van der Waals surface area contributed by atoms with Crippen LogP contribution in [0.5, 0.6) is 5.75 Å². The number of carbonyl (C=O) groups excluding carboxylic acids is 1. The van der Waals surface area contributed by atoms with Gasteiger partial charge < -0.3 is 15.0 Å². The van der Waals surface area contributed by atoms with Crippen molar-refractivity contribution in [1.82, 2.24) is 25.3 Å². The van der Waals surface area contributed by atoms with Crippen LogP contribution in [0, 0.1) is 19.8 Å². The smallest absolute Gasteiger partial charge is 0.225 e. The van der Waals surface area contributed by atoms with Gasteiger partial charge in [-0.25, -0.2) is 4.68 Å². The fourth-order valence-electron chi connectivity index (χ4n) is 4.93. The average molecular weight is 485 g/mol. The molecule has 1 fully saturated rings. The maximum absolute atomic E-state index is 13.1. The summed E-state index contributed by atoms with van der Waals surface area (Å²) < 4.78 is 7.45. The lowest BCUT2D eigenvalue weighted by atomic mass is 9.97. The van der Waals surface area contributed by atoms with Crippen LogP contribution in [-0.2, 0) is 11.3 Å². The second-order valence-electron chi connectivity index (χ2n) is 9.25. The van der Waals surface area contributed by atoms with E-state index in [0.717, 1.165) is 64.5 Å². The molecule has 0 saturated carbocycles. The number of carbonyl (C=O) groups is 1. The zero-order chi connectivity index (χ0) is 25.1. The van der Waals surface area contributed by atoms with Gasteiger partial charge in [0.05, 0.1) is 35.0 Å². The lowest BCUT2D eigenvalue weighted by Gasteiger charge is -2.32. The van der Waals surface area contributed by atoms with Gasteiger partial charge >= 0.3 is 0 Å². The Labute approximate surface area is 211 Å². The Hall–Kier alpha value is -3.94. The Kier molecular flexibility index (Phi) is 6.84. The van der Waals surface area contributed by atoms with Crippen molar-refractivity contribution in [2.45, 2.75) is 40.2 Å². The topological polar surface area (TPSA) is 85.2 Å². The lowest BCUT2D eigenvalue weighted by molar-refractivity contribution is -0.125. The van der Waals surface area contributed by atoms with Crippen LogP contribution in [0.3, 0.4) is 0 Å². The van der Waals surface area contributed by atoms with E-state index in [-0.39, 0.29) is 11.8 Å². The van der Waals surface area contributed by atoms with Crippen LogP contribution in [0.4, 0.5) is 5.82 Å². The number of ether oxygens (including phenoxy) is 1. The van der Waals surface area contributed by atoms with E-state index in [1.54, 1.807) is 0 Å². The van der Waals surface area contributed by atoms with Crippen LogP contribution in [0.25, 0.3) is 16.6 Å². The van der Waals surface area contributed by atoms with E-state index in [4.69, 9.17) is 9.84 Å². The summed E-state index contributed by atoms with van der Waals surface area (Å²) in [7, 11) is 0. The monoisotopic (exact) mass is 484 g/mol. The number of aromatic nitrogens is 4. The SMILES string of the molecule is CCOc1ccc(CNC(=O)[C@H]2CCCN(c3nnc(C)c4c(C)n(-c5ccccc5)nc34)C2)cc1. The van der Waals surface area contributed by atoms with Crippen molar-refractivity contribution in [3.05, 3.63) is 71.5 Å². The molecule has 1 saturated heterocycles. The Morgan fingerprint density at radius 2 is 1.86 bits per heavy atom. The van der Waals surface area contributed by atoms with Gasteiger partial charge in [-0.05, 0) is 63.4 Å². The van der Waals surface area contributed by atoms with Crippen molar-refractivity contribution in [2.75, 3.05) is 24.6 Å². The maximum Gasteiger partial charge on any atom is 0.225 e. The molecule has 36 heavy (non-hydrogen) atoms. The standard InChI is InChI=1S/C28H32N6O2/c1-4-36-24-14-12-21(13-15-24)17-29-28(35)22-9-8-16-33(18-22)27-26-25(19(2)30-31-27)20(3)34(32-26)23-10-6-5-7-11-23/h5-7,10-15,22H,4,8-9,16-18H2,1-3H3,(H,29,35)/t22-/m0/s1. The van der Waals surface area contributed by atoms with Crippen LogP contribution in [-0.4, -0.2) is 45.6 Å². The van der Waals surface area contributed by atoms with Gasteiger partial charge in [0, 0.05) is 19.6 Å². The minimum Gasteiger partial charge on any atom is -0.494 e. The van der Waals surface area contributed by atoms with Crippen LogP contribution >= 0.6 is 0 Å². The van der Waals surface area contributed by atoms with Crippen LogP contribution in [0.1, 0.15) is 36.7 Å². The molecule has 186 valence electrons. The summed E-state index contributed by atoms with van der Waals surface area (Å²) in [6, 6.07) is 17.9. The van der Waals surface area contributed by atoms with E-state index >= 15 is 0 Å². The molecule has 1 amide bonds. The zero-order valence-corrected chi connectivity index (χ0v) is 21.1. The first kappa shape index (κ1) is 23.8. The summed E-state index contributed by atoms with van der Waals surface area (Å²) in [6.45, 7) is 8.55. The molecule has 3 heterocycles. The Balaban J connectivity index is 1.33.